The van der Waals surface area contributed by atoms with Gasteiger partial charge in [0.15, 0.2) is 6.10 Å². The van der Waals surface area contributed by atoms with Gasteiger partial charge in [0.05, 0.1) is 31.5 Å². The van der Waals surface area contributed by atoms with Gasteiger partial charge < -0.3 is 40.5 Å². The van der Waals surface area contributed by atoms with Crippen LogP contribution in [0.4, 0.5) is 0 Å². The van der Waals surface area contributed by atoms with Gasteiger partial charge in [0, 0.05) is 25.2 Å². The predicted octanol–water partition coefficient (Wildman–Crippen LogP) is 8.78. The maximum atomic E-state index is 12.8. The molecule has 1 saturated carbocycles. The van der Waals surface area contributed by atoms with E-state index in [9.17, 15) is 39.2 Å². The van der Waals surface area contributed by atoms with E-state index in [-0.39, 0.29) is 31.1 Å². The number of aliphatic hydroxyl groups excluding tert-OH is 3. The third-order valence-electron chi connectivity index (χ3n) is 10.9. The van der Waals surface area contributed by atoms with Crippen molar-refractivity contribution < 1.29 is 62.8 Å². The normalized spacial score (nSPS) is 20.6. The molecule has 1 fully saturated rings. The Morgan fingerprint density at radius 2 is 1.25 bits per heavy atom. The largest absolute Gasteiger partial charge is 0.480 e. The first-order valence-corrected chi connectivity index (χ1v) is 24.8. The van der Waals surface area contributed by atoms with Gasteiger partial charge in [0.2, 0.25) is 0 Å². The van der Waals surface area contributed by atoms with Crippen LogP contribution in [-0.4, -0.2) is 93.5 Å². The summed E-state index contributed by atoms with van der Waals surface area (Å²) in [5.74, 6) is -3.09. The van der Waals surface area contributed by atoms with Gasteiger partial charge in [0.25, 0.3) is 0 Å². The fourth-order valence-corrected chi connectivity index (χ4v) is 7.95. The maximum absolute atomic E-state index is 12.8. The molecule has 0 amide bonds. The molecule has 0 spiro atoms. The number of ether oxygens (including phenoxy) is 2. The molecule has 0 aromatic carbocycles. The lowest BCUT2D eigenvalue weighted by molar-refractivity contribution is -0.161. The molecule has 1 aliphatic carbocycles. The van der Waals surface area contributed by atoms with E-state index < -0.39 is 76.0 Å². The second-order valence-electron chi connectivity index (χ2n) is 16.5. The van der Waals surface area contributed by atoms with Gasteiger partial charge in [-0.05, 0) is 63.7 Å². The number of nitrogens with two attached hydrogens (primary N) is 1. The number of carboxylic acid groups (broad SMARTS) is 1. The molecule has 1 unspecified atom stereocenters. The standard InChI is InChI=1S/C46H82NO13P/c1-3-5-7-8-9-10-11-12-13-14-15-16-17-18-19-20-25-29-44(51)57-34-38(35-58-61(55,56)59-36-41(47)46(53)54)60-45(52)30-26-22-21-24-28-39-40(43(50)33-42(39)49)32-31-37(48)27-23-6-4-2/h12-13,21,24,31-32,37-43,48-50H,3-11,14-20,22-23,25-30,33-36,47H2,1-2H3,(H,53,54)(H,55,56)/b13-12-,24-21+,32-31+/t37-,38+,39+,40+,41-,42-,43+/m0/s1. The number of phosphoric ester groups is 1. The molecule has 8 atom stereocenters. The lowest BCUT2D eigenvalue weighted by Gasteiger charge is -2.20. The number of carbonyl (C=O) groups excluding carboxylic acids is 2. The Labute approximate surface area is 366 Å². The minimum Gasteiger partial charge on any atom is -0.480 e. The summed E-state index contributed by atoms with van der Waals surface area (Å²) in [6, 6.07) is -1.56. The zero-order chi connectivity index (χ0) is 45.1. The van der Waals surface area contributed by atoms with Crippen LogP contribution in [0.5, 0.6) is 0 Å². The Kier molecular flexibility index (Phi) is 33.4. The number of allylic oxidation sites excluding steroid dienone is 4. The van der Waals surface area contributed by atoms with Crippen molar-refractivity contribution in [2.75, 3.05) is 19.8 Å². The summed E-state index contributed by atoms with van der Waals surface area (Å²) in [5, 5.41) is 40.3. The molecular weight excluding hydrogens is 805 g/mol. The molecule has 1 rings (SSSR count). The average molecular weight is 888 g/mol. The smallest absolute Gasteiger partial charge is 0.472 e. The number of esters is 2. The number of carbonyl (C=O) groups is 3. The monoisotopic (exact) mass is 888 g/mol. The van der Waals surface area contributed by atoms with Crippen LogP contribution in [0.3, 0.4) is 0 Å². The third kappa shape index (κ3) is 30.3. The van der Waals surface area contributed by atoms with Crippen LogP contribution in [0.2, 0.25) is 0 Å². The molecule has 0 aromatic rings. The van der Waals surface area contributed by atoms with Crippen molar-refractivity contribution in [3.8, 4) is 0 Å². The van der Waals surface area contributed by atoms with Crippen LogP contribution in [0.1, 0.15) is 174 Å². The van der Waals surface area contributed by atoms with Gasteiger partial charge >= 0.3 is 25.7 Å². The lowest BCUT2D eigenvalue weighted by Crippen LogP contribution is -2.34. The molecule has 15 heteroatoms. The van der Waals surface area contributed by atoms with Gasteiger partial charge in [-0.3, -0.25) is 23.4 Å². The topological polar surface area (TPSA) is 232 Å². The van der Waals surface area contributed by atoms with Gasteiger partial charge in [-0.15, -0.1) is 0 Å². The Morgan fingerprint density at radius 3 is 1.89 bits per heavy atom. The third-order valence-corrected chi connectivity index (χ3v) is 11.9. The molecule has 7 N–H and O–H groups in total. The fraction of sp³-hybridized carbons (Fsp3) is 0.804. The molecule has 61 heavy (non-hydrogen) atoms. The van der Waals surface area contributed by atoms with E-state index in [1.807, 2.05) is 18.2 Å². The number of phosphoric acid groups is 1. The molecule has 0 saturated heterocycles. The summed E-state index contributed by atoms with van der Waals surface area (Å²) in [6.07, 6.45) is 31.6. The van der Waals surface area contributed by atoms with Crippen LogP contribution in [0.25, 0.3) is 0 Å². The van der Waals surface area contributed by atoms with Crippen LogP contribution < -0.4 is 5.73 Å². The van der Waals surface area contributed by atoms with Crippen LogP contribution in [-0.2, 0) is 37.5 Å². The number of aliphatic carboxylic acids is 1. The Morgan fingerprint density at radius 1 is 0.705 bits per heavy atom. The van der Waals surface area contributed by atoms with E-state index in [1.165, 1.54) is 57.8 Å². The first kappa shape index (κ1) is 56.6. The molecule has 0 radical (unpaired) electrons. The van der Waals surface area contributed by atoms with Crippen molar-refractivity contribution in [2.24, 2.45) is 17.6 Å². The Bertz CT molecular complexity index is 1290. The van der Waals surface area contributed by atoms with E-state index in [1.54, 1.807) is 6.08 Å². The number of hydrogen-bond acceptors (Lipinski definition) is 12. The van der Waals surface area contributed by atoms with Gasteiger partial charge in [-0.1, -0.05) is 134 Å². The highest BCUT2D eigenvalue weighted by Crippen LogP contribution is 2.43. The van der Waals surface area contributed by atoms with Gasteiger partial charge in [0.1, 0.15) is 12.6 Å². The highest BCUT2D eigenvalue weighted by Gasteiger charge is 2.39. The Hall–Kier alpha value is -2.42. The van der Waals surface area contributed by atoms with Crippen molar-refractivity contribution in [3.63, 3.8) is 0 Å². The lowest BCUT2D eigenvalue weighted by atomic mass is 9.89. The summed E-state index contributed by atoms with van der Waals surface area (Å²) in [5.41, 5.74) is 5.33. The Balaban J connectivity index is 2.48. The van der Waals surface area contributed by atoms with Crippen molar-refractivity contribution >= 4 is 25.7 Å². The molecular formula is C46H82NO13P. The average Bonchev–Trinajstić information content (AvgIpc) is 3.49. The predicted molar refractivity (Wildman–Crippen MR) is 237 cm³/mol. The van der Waals surface area contributed by atoms with Crippen molar-refractivity contribution in [1.82, 2.24) is 0 Å². The second-order valence-corrected chi connectivity index (χ2v) is 18.0. The van der Waals surface area contributed by atoms with E-state index in [0.717, 1.165) is 51.4 Å². The zero-order valence-electron chi connectivity index (χ0n) is 37.3. The molecule has 354 valence electrons. The van der Waals surface area contributed by atoms with Crippen molar-refractivity contribution in [3.05, 3.63) is 36.5 Å². The number of aliphatic hydroxyl groups is 3. The first-order valence-electron chi connectivity index (χ1n) is 23.3. The quantitative estimate of drug-likeness (QED) is 0.0147. The van der Waals surface area contributed by atoms with Crippen LogP contribution in [0.15, 0.2) is 36.5 Å². The first-order chi connectivity index (χ1) is 29.3. The highest BCUT2D eigenvalue weighted by atomic mass is 31.2. The minimum atomic E-state index is -4.79. The molecule has 14 nitrogen and oxygen atoms in total. The fourth-order valence-electron chi connectivity index (χ4n) is 7.17. The molecule has 1 aliphatic rings. The van der Waals surface area contributed by atoms with Gasteiger partial charge in [-0.25, -0.2) is 4.57 Å². The van der Waals surface area contributed by atoms with E-state index >= 15 is 0 Å². The van der Waals surface area contributed by atoms with E-state index in [2.05, 4.69) is 30.5 Å². The van der Waals surface area contributed by atoms with Crippen molar-refractivity contribution in [1.29, 1.82) is 0 Å². The number of hydrogen-bond donors (Lipinski definition) is 6. The second kappa shape index (κ2) is 36.0. The molecule has 0 aliphatic heterocycles. The highest BCUT2D eigenvalue weighted by molar-refractivity contribution is 7.47. The van der Waals surface area contributed by atoms with Crippen molar-refractivity contribution in [2.45, 2.75) is 205 Å². The van der Waals surface area contributed by atoms with E-state index in [0.29, 0.717) is 32.1 Å². The minimum absolute atomic E-state index is 0.0163. The summed E-state index contributed by atoms with van der Waals surface area (Å²) in [6.45, 7) is 2.45. The van der Waals surface area contributed by atoms with Crippen LogP contribution >= 0.6 is 7.82 Å². The number of unbranched alkanes of at least 4 members (excludes halogenated alkanes) is 16. The number of carboxylic acids is 1. The zero-order valence-corrected chi connectivity index (χ0v) is 38.2. The maximum Gasteiger partial charge on any atom is 0.472 e. The summed E-state index contributed by atoms with van der Waals surface area (Å²) in [7, 11) is -4.79. The number of rotatable bonds is 39. The molecule has 0 bridgehead atoms. The van der Waals surface area contributed by atoms with Crippen LogP contribution in [0, 0.1) is 11.8 Å². The molecule has 0 heterocycles. The SMILES string of the molecule is CCCCCCCC/C=C\CCCCCCCCCC(=O)OC[C@H](COP(=O)(O)OC[C@H](N)C(=O)O)OC(=O)CCC/C=C/C[C@@H]1[C@@H](/C=C/[C@@H](O)CCCCC)[C@H](O)C[C@@H]1O. The van der Waals surface area contributed by atoms with E-state index in [4.69, 9.17) is 24.8 Å². The summed E-state index contributed by atoms with van der Waals surface area (Å²) in [4.78, 5) is 46.2. The molecule has 0 aromatic heterocycles. The summed E-state index contributed by atoms with van der Waals surface area (Å²) >= 11 is 0. The summed E-state index contributed by atoms with van der Waals surface area (Å²) < 4.78 is 32.7. The van der Waals surface area contributed by atoms with Gasteiger partial charge in [-0.2, -0.15) is 0 Å².